The van der Waals surface area contributed by atoms with E-state index in [9.17, 15) is 9.59 Å². The summed E-state index contributed by atoms with van der Waals surface area (Å²) in [6, 6.07) is 3.06. The lowest BCUT2D eigenvalue weighted by atomic mass is 10.2. The molecule has 0 aliphatic rings. The minimum Gasteiger partial charge on any atom is -0.467 e. The van der Waals surface area contributed by atoms with E-state index in [-0.39, 0.29) is 5.91 Å². The summed E-state index contributed by atoms with van der Waals surface area (Å²) >= 11 is 1.61. The van der Waals surface area contributed by atoms with Crippen LogP contribution in [0, 0.1) is 0 Å². The third-order valence-corrected chi connectivity index (χ3v) is 4.05. The summed E-state index contributed by atoms with van der Waals surface area (Å²) in [6.07, 6.45) is 7.62. The Balaban J connectivity index is 2.21. The van der Waals surface area contributed by atoms with Crippen molar-refractivity contribution >= 4 is 23.6 Å². The fourth-order valence-electron chi connectivity index (χ4n) is 2.24. The second-order valence-corrected chi connectivity index (χ2v) is 5.91. The molecule has 0 saturated heterocycles. The van der Waals surface area contributed by atoms with Gasteiger partial charge in [0, 0.05) is 19.4 Å². The number of rotatable bonds is 7. The van der Waals surface area contributed by atoms with Crippen LogP contribution in [0.3, 0.4) is 0 Å². The summed E-state index contributed by atoms with van der Waals surface area (Å²) in [5, 5.41) is 6.88. The average molecular weight is 336 g/mol. The summed E-state index contributed by atoms with van der Waals surface area (Å²) < 4.78 is 8.18. The van der Waals surface area contributed by atoms with E-state index in [1.54, 1.807) is 28.1 Å². The third-order valence-electron chi connectivity index (χ3n) is 3.40. The standard InChI is InChI=1S/C15H20N4O3S/c1-18-14(19-7-4-5-8-19)11(10-16-18)13(20)17-12(6-9-23-3)15(21)22-2/h4-5,7-8,10,12H,6,9H2,1-3H3,(H,17,20)/t12-/m1/s1. The first kappa shape index (κ1) is 17.1. The number of nitrogens with zero attached hydrogens (tertiary/aromatic N) is 3. The van der Waals surface area contributed by atoms with Gasteiger partial charge in [-0.1, -0.05) is 0 Å². The number of carbonyl (C=O) groups is 2. The molecule has 0 aromatic carbocycles. The minimum absolute atomic E-state index is 0.349. The van der Waals surface area contributed by atoms with Crippen LogP contribution in [-0.4, -0.2) is 51.4 Å². The van der Waals surface area contributed by atoms with Gasteiger partial charge in [0.15, 0.2) is 0 Å². The Morgan fingerprint density at radius 3 is 2.70 bits per heavy atom. The molecule has 124 valence electrons. The van der Waals surface area contributed by atoms with Gasteiger partial charge >= 0.3 is 5.97 Å². The summed E-state index contributed by atoms with van der Waals surface area (Å²) in [6.45, 7) is 0. The Hall–Kier alpha value is -2.22. The lowest BCUT2D eigenvalue weighted by Crippen LogP contribution is -2.42. The molecule has 1 N–H and O–H groups in total. The number of aryl methyl sites for hydroxylation is 1. The SMILES string of the molecule is COC(=O)[C@@H](CCSC)NC(=O)c1cnn(C)c1-n1cccc1. The molecule has 2 rings (SSSR count). The van der Waals surface area contributed by atoms with Crippen LogP contribution in [0.15, 0.2) is 30.7 Å². The van der Waals surface area contributed by atoms with Crippen molar-refractivity contribution in [2.24, 2.45) is 7.05 Å². The molecule has 8 heteroatoms. The Bertz CT molecular complexity index is 666. The van der Waals surface area contributed by atoms with Crippen molar-refractivity contribution in [1.29, 1.82) is 0 Å². The van der Waals surface area contributed by atoms with Crippen molar-refractivity contribution in [3.63, 3.8) is 0 Å². The van der Waals surface area contributed by atoms with Gasteiger partial charge in [-0.3, -0.25) is 9.48 Å². The first-order valence-electron chi connectivity index (χ1n) is 7.11. The molecule has 0 spiro atoms. The fourth-order valence-corrected chi connectivity index (χ4v) is 2.71. The summed E-state index contributed by atoms with van der Waals surface area (Å²) in [4.78, 5) is 24.4. The van der Waals surface area contributed by atoms with E-state index in [0.717, 1.165) is 5.75 Å². The van der Waals surface area contributed by atoms with Crippen molar-refractivity contribution in [1.82, 2.24) is 19.7 Å². The number of nitrogens with one attached hydrogen (secondary N) is 1. The number of thioether (sulfide) groups is 1. The molecule has 0 aliphatic heterocycles. The van der Waals surface area contributed by atoms with Gasteiger partial charge in [0.25, 0.3) is 5.91 Å². The number of hydrogen-bond acceptors (Lipinski definition) is 5. The smallest absolute Gasteiger partial charge is 0.328 e. The molecule has 1 atom stereocenters. The number of ether oxygens (including phenoxy) is 1. The number of methoxy groups -OCH3 is 1. The Labute approximate surface area is 139 Å². The zero-order chi connectivity index (χ0) is 16.8. The first-order chi connectivity index (χ1) is 11.1. The lowest BCUT2D eigenvalue weighted by Gasteiger charge is -2.16. The molecule has 0 fully saturated rings. The number of aromatic nitrogens is 3. The molecule has 7 nitrogen and oxygen atoms in total. The van der Waals surface area contributed by atoms with Crippen molar-refractivity contribution in [3.05, 3.63) is 36.3 Å². The number of esters is 1. The minimum atomic E-state index is -0.669. The predicted octanol–water partition coefficient (Wildman–Crippen LogP) is 1.24. The zero-order valence-electron chi connectivity index (χ0n) is 13.4. The van der Waals surface area contributed by atoms with Crippen LogP contribution < -0.4 is 5.32 Å². The molecule has 2 aromatic heterocycles. The highest BCUT2D eigenvalue weighted by Gasteiger charge is 2.24. The molecular formula is C15H20N4O3S. The Kier molecular flexibility index (Phi) is 5.86. The van der Waals surface area contributed by atoms with Crippen LogP contribution in [0.5, 0.6) is 0 Å². The van der Waals surface area contributed by atoms with E-state index in [1.807, 2.05) is 30.8 Å². The van der Waals surface area contributed by atoms with Crippen LogP contribution in [0.2, 0.25) is 0 Å². The largest absolute Gasteiger partial charge is 0.467 e. The Morgan fingerprint density at radius 2 is 2.09 bits per heavy atom. The topological polar surface area (TPSA) is 78.2 Å². The van der Waals surface area contributed by atoms with Crippen molar-refractivity contribution in [3.8, 4) is 5.82 Å². The van der Waals surface area contributed by atoms with Gasteiger partial charge in [-0.2, -0.15) is 16.9 Å². The second-order valence-electron chi connectivity index (χ2n) is 4.93. The van der Waals surface area contributed by atoms with Gasteiger partial charge in [0.05, 0.1) is 13.3 Å². The maximum Gasteiger partial charge on any atom is 0.328 e. The van der Waals surface area contributed by atoms with Gasteiger partial charge in [-0.05, 0) is 30.6 Å². The molecule has 0 unspecified atom stereocenters. The maximum absolute atomic E-state index is 12.6. The van der Waals surface area contributed by atoms with E-state index in [2.05, 4.69) is 10.4 Å². The van der Waals surface area contributed by atoms with Gasteiger partial charge < -0.3 is 14.6 Å². The third kappa shape index (κ3) is 3.95. The van der Waals surface area contributed by atoms with E-state index in [1.165, 1.54) is 13.3 Å². The second kappa shape index (κ2) is 7.87. The van der Waals surface area contributed by atoms with E-state index in [0.29, 0.717) is 17.8 Å². The zero-order valence-corrected chi connectivity index (χ0v) is 14.2. The molecule has 0 bridgehead atoms. The molecule has 0 saturated carbocycles. The van der Waals surface area contributed by atoms with Gasteiger partial charge in [0.2, 0.25) is 0 Å². The highest BCUT2D eigenvalue weighted by atomic mass is 32.2. The molecule has 2 aromatic rings. The predicted molar refractivity (Wildman–Crippen MR) is 88.8 cm³/mol. The van der Waals surface area contributed by atoms with Crippen LogP contribution in [0.4, 0.5) is 0 Å². The van der Waals surface area contributed by atoms with Crippen LogP contribution in [0.25, 0.3) is 5.82 Å². The number of amides is 1. The normalized spacial score (nSPS) is 12.0. The van der Waals surface area contributed by atoms with Crippen LogP contribution >= 0.6 is 11.8 Å². The molecule has 23 heavy (non-hydrogen) atoms. The van der Waals surface area contributed by atoms with E-state index >= 15 is 0 Å². The number of carbonyl (C=O) groups excluding carboxylic acids is 2. The average Bonchev–Trinajstić information content (AvgIpc) is 3.19. The summed E-state index contributed by atoms with van der Waals surface area (Å²) in [7, 11) is 3.08. The van der Waals surface area contributed by atoms with E-state index < -0.39 is 12.0 Å². The molecule has 1 amide bonds. The molecule has 0 aliphatic carbocycles. The fraction of sp³-hybridized carbons (Fsp3) is 0.400. The molecule has 2 heterocycles. The van der Waals surface area contributed by atoms with Crippen molar-refractivity contribution < 1.29 is 14.3 Å². The number of hydrogen-bond donors (Lipinski definition) is 1. The van der Waals surface area contributed by atoms with Crippen molar-refractivity contribution in [2.45, 2.75) is 12.5 Å². The first-order valence-corrected chi connectivity index (χ1v) is 8.50. The summed E-state index contributed by atoms with van der Waals surface area (Å²) in [5.41, 5.74) is 0.404. The molecular weight excluding hydrogens is 316 g/mol. The summed E-state index contributed by atoms with van der Waals surface area (Å²) in [5.74, 6) is 0.593. The maximum atomic E-state index is 12.6. The van der Waals surface area contributed by atoms with Gasteiger partial charge in [0.1, 0.15) is 17.4 Å². The highest BCUT2D eigenvalue weighted by Crippen LogP contribution is 2.14. The van der Waals surface area contributed by atoms with Crippen LogP contribution in [0.1, 0.15) is 16.8 Å². The highest BCUT2D eigenvalue weighted by molar-refractivity contribution is 7.98. The quantitative estimate of drug-likeness (QED) is 0.770. The molecule has 0 radical (unpaired) electrons. The van der Waals surface area contributed by atoms with Crippen molar-refractivity contribution in [2.75, 3.05) is 19.1 Å². The van der Waals surface area contributed by atoms with Gasteiger partial charge in [-0.15, -0.1) is 0 Å². The lowest BCUT2D eigenvalue weighted by molar-refractivity contribution is -0.142. The van der Waals surface area contributed by atoms with E-state index in [4.69, 9.17) is 4.74 Å². The van der Waals surface area contributed by atoms with Gasteiger partial charge in [-0.25, -0.2) is 4.79 Å². The monoisotopic (exact) mass is 336 g/mol. The van der Waals surface area contributed by atoms with Crippen LogP contribution in [-0.2, 0) is 16.6 Å². The Morgan fingerprint density at radius 1 is 1.39 bits per heavy atom.